The number of nitrogens with zero attached hydrogens (tertiary/aromatic N) is 1. The van der Waals surface area contributed by atoms with Gasteiger partial charge in [-0.2, -0.15) is 18.4 Å². The van der Waals surface area contributed by atoms with Crippen LogP contribution >= 0.6 is 0 Å². The van der Waals surface area contributed by atoms with Gasteiger partial charge in [-0.15, -0.1) is 0 Å². The molecule has 1 aliphatic rings. The van der Waals surface area contributed by atoms with Crippen LogP contribution in [0.5, 0.6) is 0 Å². The minimum absolute atomic E-state index is 0.0472. The molecular formula is C14H23F3N2. The monoisotopic (exact) mass is 276 g/mol. The molecule has 0 spiro atoms. The Labute approximate surface area is 113 Å². The molecule has 0 radical (unpaired) electrons. The molecule has 0 aromatic carbocycles. The molecule has 1 atom stereocenters. The Morgan fingerprint density at radius 2 is 1.68 bits per heavy atom. The van der Waals surface area contributed by atoms with Crippen molar-refractivity contribution in [1.29, 1.82) is 5.26 Å². The summed E-state index contributed by atoms with van der Waals surface area (Å²) in [6.07, 6.45) is -0.576. The Kier molecular flexibility index (Phi) is 5.26. The van der Waals surface area contributed by atoms with Crippen LogP contribution in [0.15, 0.2) is 0 Å². The van der Waals surface area contributed by atoms with E-state index in [1.807, 2.05) is 6.07 Å². The Morgan fingerprint density at radius 3 is 2.05 bits per heavy atom. The highest BCUT2D eigenvalue weighted by molar-refractivity contribution is 4.97. The van der Waals surface area contributed by atoms with Crippen LogP contribution in [0.4, 0.5) is 13.2 Å². The van der Waals surface area contributed by atoms with E-state index in [1.165, 1.54) is 0 Å². The molecule has 0 heterocycles. The number of hydrogen-bond acceptors (Lipinski definition) is 2. The summed E-state index contributed by atoms with van der Waals surface area (Å²) in [6, 6.07) is 1.31. The van der Waals surface area contributed by atoms with Gasteiger partial charge < -0.3 is 0 Å². The molecule has 1 fully saturated rings. The van der Waals surface area contributed by atoms with E-state index in [2.05, 4.69) is 26.1 Å². The Morgan fingerprint density at radius 1 is 1.16 bits per heavy atom. The Hall–Kier alpha value is -0.760. The van der Waals surface area contributed by atoms with Crippen molar-refractivity contribution in [1.82, 2.24) is 5.32 Å². The normalized spacial score (nSPS) is 26.8. The lowest BCUT2D eigenvalue weighted by Crippen LogP contribution is -2.42. The highest BCUT2D eigenvalue weighted by Gasteiger charge is 2.35. The number of rotatable bonds is 3. The standard InChI is InChI=1S/C14H23F3N2/c1-13(2,3)11-6-4-10(5-7-11)12(8-18)19-9-14(15,16)17/h10-12,19H,4-7,9H2,1-3H3. The van der Waals surface area contributed by atoms with Gasteiger partial charge in [0.2, 0.25) is 0 Å². The minimum atomic E-state index is -4.25. The van der Waals surface area contributed by atoms with Crippen LogP contribution in [0.25, 0.3) is 0 Å². The maximum atomic E-state index is 12.2. The molecule has 110 valence electrons. The van der Waals surface area contributed by atoms with Crippen molar-refractivity contribution in [2.75, 3.05) is 6.54 Å². The number of halogens is 3. The molecule has 0 bridgehead atoms. The van der Waals surface area contributed by atoms with Crippen molar-refractivity contribution in [2.45, 2.75) is 58.7 Å². The molecule has 0 aromatic heterocycles. The molecule has 0 saturated heterocycles. The number of nitrogens with one attached hydrogen (secondary N) is 1. The fourth-order valence-electron chi connectivity index (χ4n) is 2.86. The summed E-state index contributed by atoms with van der Waals surface area (Å²) in [5, 5.41) is 11.4. The summed E-state index contributed by atoms with van der Waals surface area (Å²) in [7, 11) is 0. The van der Waals surface area contributed by atoms with Crippen LogP contribution in [0.3, 0.4) is 0 Å². The molecule has 1 N–H and O–H groups in total. The summed E-state index contributed by atoms with van der Waals surface area (Å²) in [4.78, 5) is 0. The van der Waals surface area contributed by atoms with Gasteiger partial charge >= 0.3 is 6.18 Å². The molecule has 19 heavy (non-hydrogen) atoms. The largest absolute Gasteiger partial charge is 0.401 e. The van der Waals surface area contributed by atoms with E-state index >= 15 is 0 Å². The van der Waals surface area contributed by atoms with Gasteiger partial charge in [-0.05, 0) is 42.9 Å². The second-order valence-corrected chi connectivity index (χ2v) is 6.58. The van der Waals surface area contributed by atoms with Crippen LogP contribution in [0.1, 0.15) is 46.5 Å². The average Bonchev–Trinajstić information content (AvgIpc) is 2.28. The first kappa shape index (κ1) is 16.3. The quantitative estimate of drug-likeness (QED) is 0.849. The van der Waals surface area contributed by atoms with Crippen LogP contribution in [0.2, 0.25) is 0 Å². The van der Waals surface area contributed by atoms with Crippen LogP contribution in [-0.2, 0) is 0 Å². The van der Waals surface area contributed by atoms with Crippen molar-refractivity contribution in [3.63, 3.8) is 0 Å². The maximum absolute atomic E-state index is 12.2. The fraction of sp³-hybridized carbons (Fsp3) is 0.929. The zero-order valence-electron chi connectivity index (χ0n) is 11.8. The first-order valence-electron chi connectivity index (χ1n) is 6.83. The van der Waals surface area contributed by atoms with Gasteiger partial charge in [0.05, 0.1) is 18.7 Å². The molecule has 0 aromatic rings. The van der Waals surface area contributed by atoms with Crippen LogP contribution < -0.4 is 5.32 Å². The lowest BCUT2D eigenvalue weighted by molar-refractivity contribution is -0.126. The predicted octanol–water partition coefficient (Wildman–Crippen LogP) is 3.88. The van der Waals surface area contributed by atoms with E-state index in [1.54, 1.807) is 0 Å². The summed E-state index contributed by atoms with van der Waals surface area (Å²) >= 11 is 0. The predicted molar refractivity (Wildman–Crippen MR) is 68.4 cm³/mol. The lowest BCUT2D eigenvalue weighted by atomic mass is 9.68. The molecule has 1 unspecified atom stereocenters. The minimum Gasteiger partial charge on any atom is -0.293 e. The van der Waals surface area contributed by atoms with Crippen molar-refractivity contribution in [3.8, 4) is 6.07 Å². The second kappa shape index (κ2) is 6.13. The second-order valence-electron chi connectivity index (χ2n) is 6.58. The highest BCUT2D eigenvalue weighted by atomic mass is 19.4. The van der Waals surface area contributed by atoms with Crippen molar-refractivity contribution in [2.24, 2.45) is 17.3 Å². The van der Waals surface area contributed by atoms with Crippen molar-refractivity contribution < 1.29 is 13.2 Å². The lowest BCUT2D eigenvalue weighted by Gasteiger charge is -2.38. The van der Waals surface area contributed by atoms with Crippen LogP contribution in [-0.4, -0.2) is 18.8 Å². The smallest absolute Gasteiger partial charge is 0.293 e. The van der Waals surface area contributed by atoms with E-state index in [0.717, 1.165) is 25.7 Å². The summed E-state index contributed by atoms with van der Waals surface area (Å²) in [5.41, 5.74) is 0.243. The van der Waals surface area contributed by atoms with Crippen molar-refractivity contribution in [3.05, 3.63) is 0 Å². The van der Waals surface area contributed by atoms with Gasteiger partial charge in [-0.3, -0.25) is 5.32 Å². The third-order valence-electron chi connectivity index (χ3n) is 4.13. The van der Waals surface area contributed by atoms with E-state index in [9.17, 15) is 13.2 Å². The molecule has 1 aliphatic carbocycles. The number of hydrogen-bond donors (Lipinski definition) is 1. The molecule has 0 amide bonds. The third kappa shape index (κ3) is 5.40. The van der Waals surface area contributed by atoms with Gasteiger partial charge in [-0.1, -0.05) is 20.8 Å². The molecule has 1 saturated carbocycles. The number of nitriles is 1. The SMILES string of the molecule is CC(C)(C)C1CCC(C(C#N)NCC(F)(F)F)CC1. The summed E-state index contributed by atoms with van der Waals surface area (Å²) in [5.74, 6) is 0.650. The Bertz CT molecular complexity index is 317. The first-order valence-corrected chi connectivity index (χ1v) is 6.83. The van der Waals surface area contributed by atoms with E-state index in [0.29, 0.717) is 5.92 Å². The van der Waals surface area contributed by atoms with Gasteiger partial charge in [0, 0.05) is 0 Å². The van der Waals surface area contributed by atoms with Gasteiger partial charge in [-0.25, -0.2) is 0 Å². The zero-order valence-corrected chi connectivity index (χ0v) is 11.8. The molecule has 0 aliphatic heterocycles. The Balaban J connectivity index is 2.47. The topological polar surface area (TPSA) is 35.8 Å². The molecule has 1 rings (SSSR count). The van der Waals surface area contributed by atoms with E-state index in [-0.39, 0.29) is 11.3 Å². The van der Waals surface area contributed by atoms with Crippen LogP contribution in [0, 0.1) is 28.6 Å². The number of alkyl halides is 3. The molecular weight excluding hydrogens is 253 g/mol. The summed E-state index contributed by atoms with van der Waals surface area (Å²) in [6.45, 7) is 5.51. The van der Waals surface area contributed by atoms with Gasteiger partial charge in [0.25, 0.3) is 0 Å². The van der Waals surface area contributed by atoms with Gasteiger partial charge in [0.15, 0.2) is 0 Å². The highest BCUT2D eigenvalue weighted by Crippen LogP contribution is 2.40. The third-order valence-corrected chi connectivity index (χ3v) is 4.13. The first-order chi connectivity index (χ1) is 8.63. The maximum Gasteiger partial charge on any atom is 0.401 e. The van der Waals surface area contributed by atoms with Gasteiger partial charge in [0.1, 0.15) is 0 Å². The fourth-order valence-corrected chi connectivity index (χ4v) is 2.86. The molecule has 5 heteroatoms. The van der Waals surface area contributed by atoms with Crippen molar-refractivity contribution >= 4 is 0 Å². The zero-order chi connectivity index (χ0) is 14.7. The van der Waals surface area contributed by atoms with E-state index < -0.39 is 18.8 Å². The van der Waals surface area contributed by atoms with E-state index in [4.69, 9.17) is 5.26 Å². The molecule has 2 nitrogen and oxygen atoms in total. The average molecular weight is 276 g/mol. The summed E-state index contributed by atoms with van der Waals surface area (Å²) < 4.78 is 36.5.